The molecule has 2 unspecified atom stereocenters. The second-order valence-electron chi connectivity index (χ2n) is 3.43. The zero-order valence-corrected chi connectivity index (χ0v) is 8.04. The van der Waals surface area contributed by atoms with E-state index >= 15 is 0 Å². The Morgan fingerprint density at radius 3 is 3.07 bits per heavy atom. The summed E-state index contributed by atoms with van der Waals surface area (Å²) in [6, 6.07) is 0. The number of rotatable bonds is 2. The zero-order chi connectivity index (χ0) is 10.2. The average Bonchev–Trinajstić information content (AvgIpc) is 2.73. The van der Waals surface area contributed by atoms with Crippen molar-refractivity contribution in [3.63, 3.8) is 0 Å². The third-order valence-electron chi connectivity index (χ3n) is 2.25. The second-order valence-corrected chi connectivity index (χ2v) is 3.43. The summed E-state index contributed by atoms with van der Waals surface area (Å²) in [7, 11) is 0. The standard InChI is InChI=1S/C9H11N3O2/c1-7-5-9(2,11-10-7)12-3-4-14-8(12)6-13/h3-6,8H,1-2H3. The van der Waals surface area contributed by atoms with Gasteiger partial charge in [0.1, 0.15) is 6.26 Å². The van der Waals surface area contributed by atoms with Crippen molar-refractivity contribution in [1.82, 2.24) is 4.90 Å². The molecule has 0 radical (unpaired) electrons. The Labute approximate surface area is 81.7 Å². The highest BCUT2D eigenvalue weighted by atomic mass is 16.5. The third-order valence-corrected chi connectivity index (χ3v) is 2.25. The van der Waals surface area contributed by atoms with Crippen LogP contribution in [0.25, 0.3) is 0 Å². The number of ether oxygens (including phenoxy) is 1. The maximum absolute atomic E-state index is 10.7. The smallest absolute Gasteiger partial charge is 0.229 e. The topological polar surface area (TPSA) is 54.3 Å². The van der Waals surface area contributed by atoms with Gasteiger partial charge in [0.2, 0.25) is 6.23 Å². The Morgan fingerprint density at radius 1 is 1.71 bits per heavy atom. The van der Waals surface area contributed by atoms with Crippen molar-refractivity contribution in [2.75, 3.05) is 0 Å². The maximum Gasteiger partial charge on any atom is 0.229 e. The predicted molar refractivity (Wildman–Crippen MR) is 48.9 cm³/mol. The molecule has 0 saturated carbocycles. The van der Waals surface area contributed by atoms with Crippen LogP contribution in [0.4, 0.5) is 0 Å². The molecule has 0 amide bonds. The van der Waals surface area contributed by atoms with Crippen LogP contribution in [0.2, 0.25) is 0 Å². The van der Waals surface area contributed by atoms with E-state index < -0.39 is 11.9 Å². The van der Waals surface area contributed by atoms with Crippen LogP contribution >= 0.6 is 0 Å². The molecule has 0 aromatic heterocycles. The number of nitrogens with zero attached hydrogens (tertiary/aromatic N) is 3. The maximum atomic E-state index is 10.7. The number of carbonyl (C=O) groups excluding carboxylic acids is 1. The van der Waals surface area contributed by atoms with Crippen molar-refractivity contribution in [2.24, 2.45) is 10.2 Å². The molecule has 0 fully saturated rings. The molecule has 0 aromatic carbocycles. The Morgan fingerprint density at radius 2 is 2.50 bits per heavy atom. The molecule has 5 heteroatoms. The van der Waals surface area contributed by atoms with E-state index in [1.807, 2.05) is 19.9 Å². The lowest BCUT2D eigenvalue weighted by atomic mass is 10.1. The highest BCUT2D eigenvalue weighted by Crippen LogP contribution is 2.31. The van der Waals surface area contributed by atoms with Gasteiger partial charge in [0.25, 0.3) is 0 Å². The summed E-state index contributed by atoms with van der Waals surface area (Å²) in [6.45, 7) is 3.74. The van der Waals surface area contributed by atoms with E-state index in [1.165, 1.54) is 6.26 Å². The molecule has 2 aliphatic heterocycles. The van der Waals surface area contributed by atoms with Crippen LogP contribution in [-0.2, 0) is 9.53 Å². The summed E-state index contributed by atoms with van der Waals surface area (Å²) in [4.78, 5) is 12.4. The van der Waals surface area contributed by atoms with Crippen molar-refractivity contribution in [3.8, 4) is 0 Å². The normalized spacial score (nSPS) is 34.6. The lowest BCUT2D eigenvalue weighted by Crippen LogP contribution is -2.44. The summed E-state index contributed by atoms with van der Waals surface area (Å²) < 4.78 is 5.07. The summed E-state index contributed by atoms with van der Waals surface area (Å²) >= 11 is 0. The van der Waals surface area contributed by atoms with Gasteiger partial charge in [-0.05, 0) is 19.9 Å². The van der Waals surface area contributed by atoms with E-state index in [0.717, 1.165) is 12.0 Å². The minimum absolute atomic E-state index is 0.595. The van der Waals surface area contributed by atoms with Gasteiger partial charge in [-0.1, -0.05) is 0 Å². The number of allylic oxidation sites excluding steroid dienone is 1. The SMILES string of the molecule is CC1=CC(C)(N2C=COC2C=O)N=N1. The van der Waals surface area contributed by atoms with Crippen LogP contribution in [0.5, 0.6) is 0 Å². The minimum atomic E-state index is -0.596. The van der Waals surface area contributed by atoms with Crippen molar-refractivity contribution >= 4 is 6.29 Å². The first-order valence-corrected chi connectivity index (χ1v) is 4.34. The second kappa shape index (κ2) is 2.94. The molecular weight excluding hydrogens is 182 g/mol. The van der Waals surface area contributed by atoms with Gasteiger partial charge in [-0.3, -0.25) is 4.79 Å². The quantitative estimate of drug-likeness (QED) is 0.623. The molecule has 2 heterocycles. The molecule has 0 N–H and O–H groups in total. The van der Waals surface area contributed by atoms with Crippen molar-refractivity contribution in [3.05, 3.63) is 24.2 Å². The third kappa shape index (κ3) is 1.21. The Hall–Kier alpha value is -1.65. The molecule has 5 nitrogen and oxygen atoms in total. The number of azo groups is 1. The highest BCUT2D eigenvalue weighted by molar-refractivity contribution is 5.57. The first-order chi connectivity index (χ1) is 6.65. The lowest BCUT2D eigenvalue weighted by molar-refractivity contribution is -0.122. The van der Waals surface area contributed by atoms with Crippen LogP contribution in [0.1, 0.15) is 13.8 Å². The Balaban J connectivity index is 2.27. The molecule has 0 spiro atoms. The molecule has 0 bridgehead atoms. The fourth-order valence-electron chi connectivity index (χ4n) is 1.60. The van der Waals surface area contributed by atoms with E-state index in [1.54, 1.807) is 11.1 Å². The number of carbonyl (C=O) groups is 1. The van der Waals surface area contributed by atoms with Gasteiger partial charge in [-0.2, -0.15) is 10.2 Å². The van der Waals surface area contributed by atoms with Gasteiger partial charge in [0, 0.05) is 6.20 Å². The first kappa shape index (κ1) is 8.93. The summed E-state index contributed by atoms with van der Waals surface area (Å²) in [5, 5.41) is 8.04. The number of aldehydes is 1. The zero-order valence-electron chi connectivity index (χ0n) is 8.04. The molecule has 74 valence electrons. The summed E-state index contributed by atoms with van der Waals surface area (Å²) in [5.74, 6) is 0. The van der Waals surface area contributed by atoms with Gasteiger partial charge in [-0.25, -0.2) is 0 Å². The molecule has 0 aromatic rings. The van der Waals surface area contributed by atoms with Gasteiger partial charge >= 0.3 is 0 Å². The fourth-order valence-corrected chi connectivity index (χ4v) is 1.60. The number of hydrogen-bond acceptors (Lipinski definition) is 5. The molecule has 2 rings (SSSR count). The van der Waals surface area contributed by atoms with Crippen molar-refractivity contribution < 1.29 is 9.53 Å². The van der Waals surface area contributed by atoms with Crippen molar-refractivity contribution in [1.29, 1.82) is 0 Å². The predicted octanol–water partition coefficient (Wildman–Crippen LogP) is 1.40. The molecule has 14 heavy (non-hydrogen) atoms. The molecule has 2 aliphatic rings. The largest absolute Gasteiger partial charge is 0.469 e. The summed E-state index contributed by atoms with van der Waals surface area (Å²) in [5.41, 5.74) is 0.250. The minimum Gasteiger partial charge on any atom is -0.469 e. The van der Waals surface area contributed by atoms with Gasteiger partial charge in [0.15, 0.2) is 11.9 Å². The van der Waals surface area contributed by atoms with E-state index in [4.69, 9.17) is 4.74 Å². The Bertz CT molecular complexity index is 348. The molecule has 2 atom stereocenters. The summed E-state index contributed by atoms with van der Waals surface area (Å²) in [6.07, 6.45) is 5.22. The van der Waals surface area contributed by atoms with Gasteiger partial charge in [0.05, 0.1) is 5.70 Å². The molecular formula is C9H11N3O2. The fraction of sp³-hybridized carbons (Fsp3) is 0.444. The van der Waals surface area contributed by atoms with Crippen molar-refractivity contribution in [2.45, 2.75) is 25.7 Å². The van der Waals surface area contributed by atoms with E-state index in [0.29, 0.717) is 0 Å². The van der Waals surface area contributed by atoms with Crippen LogP contribution in [0, 0.1) is 0 Å². The van der Waals surface area contributed by atoms with Gasteiger partial charge < -0.3 is 9.64 Å². The lowest BCUT2D eigenvalue weighted by Gasteiger charge is -2.31. The molecule has 0 saturated heterocycles. The monoisotopic (exact) mass is 193 g/mol. The van der Waals surface area contributed by atoms with E-state index in [9.17, 15) is 4.79 Å². The van der Waals surface area contributed by atoms with Crippen LogP contribution in [0.15, 0.2) is 34.5 Å². The van der Waals surface area contributed by atoms with Crippen LogP contribution in [-0.4, -0.2) is 23.1 Å². The van der Waals surface area contributed by atoms with E-state index in [-0.39, 0.29) is 0 Å². The Kier molecular flexibility index (Phi) is 1.87. The highest BCUT2D eigenvalue weighted by Gasteiger charge is 2.38. The van der Waals surface area contributed by atoms with E-state index in [2.05, 4.69) is 10.2 Å². The van der Waals surface area contributed by atoms with Gasteiger partial charge in [-0.15, -0.1) is 0 Å². The number of hydrogen-bond donors (Lipinski definition) is 0. The first-order valence-electron chi connectivity index (χ1n) is 4.34. The average molecular weight is 193 g/mol. The van der Waals surface area contributed by atoms with Crippen LogP contribution in [0.3, 0.4) is 0 Å². The van der Waals surface area contributed by atoms with Crippen LogP contribution < -0.4 is 0 Å². The molecule has 0 aliphatic carbocycles.